The van der Waals surface area contributed by atoms with Crippen LogP contribution >= 0.6 is 12.2 Å². The van der Waals surface area contributed by atoms with Crippen molar-refractivity contribution in [3.8, 4) is 0 Å². The summed E-state index contributed by atoms with van der Waals surface area (Å²) in [5.74, 6) is 0.625. The first-order chi connectivity index (χ1) is 11.6. The molecule has 3 atom stereocenters. The number of hydrogen-bond donors (Lipinski definition) is 2. The Kier molecular flexibility index (Phi) is 4.52. The van der Waals surface area contributed by atoms with Crippen molar-refractivity contribution in [1.82, 2.24) is 5.32 Å². The van der Waals surface area contributed by atoms with Gasteiger partial charge in [0.15, 0.2) is 5.11 Å². The third-order valence-corrected chi connectivity index (χ3v) is 6.54. The lowest BCUT2D eigenvalue weighted by atomic mass is 9.89. The van der Waals surface area contributed by atoms with Crippen LogP contribution in [-0.2, 0) is 0 Å². The summed E-state index contributed by atoms with van der Waals surface area (Å²) in [6.07, 6.45) is 7.85. The fourth-order valence-electron chi connectivity index (χ4n) is 4.96. The molecule has 1 aromatic rings. The first-order valence-corrected chi connectivity index (χ1v) is 10.1. The van der Waals surface area contributed by atoms with Gasteiger partial charge in [0.2, 0.25) is 0 Å². The van der Waals surface area contributed by atoms with E-state index >= 15 is 0 Å². The summed E-state index contributed by atoms with van der Waals surface area (Å²) in [4.78, 5) is 4.12. The molecule has 1 aromatic carbocycles. The van der Waals surface area contributed by atoms with Crippen molar-refractivity contribution in [2.75, 3.05) is 25.0 Å². The van der Waals surface area contributed by atoms with Crippen LogP contribution in [0.4, 0.5) is 5.69 Å². The van der Waals surface area contributed by atoms with Crippen molar-refractivity contribution in [3.05, 3.63) is 29.3 Å². The Morgan fingerprint density at radius 3 is 2.79 bits per heavy atom. The van der Waals surface area contributed by atoms with Crippen LogP contribution in [0.15, 0.2) is 18.2 Å². The fraction of sp³-hybridized carbons (Fsp3) is 0.650. The number of nitrogens with one attached hydrogen (secondary N) is 2. The summed E-state index contributed by atoms with van der Waals surface area (Å²) in [6.45, 7) is 4.68. The van der Waals surface area contributed by atoms with Crippen molar-refractivity contribution in [2.24, 2.45) is 0 Å². The molecule has 0 aromatic heterocycles. The number of nitrogens with zero attached hydrogens (tertiary/aromatic N) is 1. The summed E-state index contributed by atoms with van der Waals surface area (Å²) < 4.78 is 0. The molecule has 24 heavy (non-hydrogen) atoms. The number of rotatable bonds is 1. The van der Waals surface area contributed by atoms with Gasteiger partial charge in [-0.2, -0.15) is 0 Å². The highest BCUT2D eigenvalue weighted by Gasteiger charge is 2.44. The van der Waals surface area contributed by atoms with E-state index in [-0.39, 0.29) is 0 Å². The van der Waals surface area contributed by atoms with Gasteiger partial charge in [-0.25, -0.2) is 0 Å². The van der Waals surface area contributed by atoms with E-state index in [0.717, 1.165) is 5.11 Å². The molecular formula is C20H30N3S+. The van der Waals surface area contributed by atoms with Gasteiger partial charge in [-0.3, -0.25) is 0 Å². The Morgan fingerprint density at radius 1 is 1.21 bits per heavy atom. The predicted molar refractivity (Wildman–Crippen MR) is 104 cm³/mol. The standard InChI is InChI=1S/C20H29N3S/c1-14-8-9-18-16(12-14)17-13-22(2)11-10-19(17)23(18)20(24)21-15-6-4-3-5-7-15/h8-9,12,15,17,19H,3-7,10-11,13H2,1-2H3,(H,21,24)/p+1. The Morgan fingerprint density at radius 2 is 2.00 bits per heavy atom. The van der Waals surface area contributed by atoms with Crippen LogP contribution in [0.5, 0.6) is 0 Å². The lowest BCUT2D eigenvalue weighted by molar-refractivity contribution is -0.886. The van der Waals surface area contributed by atoms with Gasteiger partial charge >= 0.3 is 0 Å². The second-order valence-corrected chi connectivity index (χ2v) is 8.48. The zero-order chi connectivity index (χ0) is 16.7. The zero-order valence-electron chi connectivity index (χ0n) is 15.0. The molecule has 1 aliphatic carbocycles. The number of likely N-dealkylation sites (tertiary alicyclic amines) is 1. The molecule has 0 radical (unpaired) electrons. The summed E-state index contributed by atoms with van der Waals surface area (Å²) in [5.41, 5.74) is 4.24. The van der Waals surface area contributed by atoms with Crippen molar-refractivity contribution >= 4 is 23.0 Å². The van der Waals surface area contributed by atoms with Crippen LogP contribution in [0.25, 0.3) is 0 Å². The van der Waals surface area contributed by atoms with Crippen LogP contribution < -0.4 is 15.1 Å². The van der Waals surface area contributed by atoms with Crippen molar-refractivity contribution in [3.63, 3.8) is 0 Å². The van der Waals surface area contributed by atoms with E-state index in [0.29, 0.717) is 18.0 Å². The lowest BCUT2D eigenvalue weighted by Gasteiger charge is -2.37. The number of likely N-dealkylation sites (N-methyl/N-ethyl adjacent to an activating group) is 1. The maximum absolute atomic E-state index is 5.91. The first kappa shape index (κ1) is 16.3. The second kappa shape index (κ2) is 6.64. The van der Waals surface area contributed by atoms with Gasteiger partial charge in [0.05, 0.1) is 32.1 Å². The number of aryl methyl sites for hydroxylation is 1. The number of thiocarbonyl (C=S) groups is 1. The Bertz CT molecular complexity index is 623. The summed E-state index contributed by atoms with van der Waals surface area (Å²) in [7, 11) is 2.33. The van der Waals surface area contributed by atoms with Gasteiger partial charge in [0, 0.05) is 18.2 Å². The number of fused-ring (bicyclic) bond motifs is 3. The molecule has 0 amide bonds. The summed E-state index contributed by atoms with van der Waals surface area (Å²) in [6, 6.07) is 8.07. The average molecular weight is 345 g/mol. The van der Waals surface area contributed by atoms with Gasteiger partial charge in [-0.1, -0.05) is 37.0 Å². The van der Waals surface area contributed by atoms with Crippen molar-refractivity contribution in [1.29, 1.82) is 0 Å². The Hall–Kier alpha value is -1.13. The minimum absolute atomic E-state index is 0.550. The first-order valence-electron chi connectivity index (χ1n) is 9.65. The lowest BCUT2D eigenvalue weighted by Crippen LogP contribution is -3.11. The van der Waals surface area contributed by atoms with Gasteiger partial charge in [0.1, 0.15) is 0 Å². The zero-order valence-corrected chi connectivity index (χ0v) is 15.8. The molecule has 4 heteroatoms. The quantitative estimate of drug-likeness (QED) is 0.763. The van der Waals surface area contributed by atoms with Crippen molar-refractivity contribution < 1.29 is 4.90 Å². The maximum Gasteiger partial charge on any atom is 0.173 e. The van der Waals surface area contributed by atoms with Gasteiger partial charge in [-0.15, -0.1) is 0 Å². The van der Waals surface area contributed by atoms with E-state index in [4.69, 9.17) is 12.2 Å². The minimum Gasteiger partial charge on any atom is -0.360 e. The molecule has 2 fully saturated rings. The van der Waals surface area contributed by atoms with Crippen LogP contribution in [0.3, 0.4) is 0 Å². The Balaban J connectivity index is 1.60. The average Bonchev–Trinajstić information content (AvgIpc) is 2.89. The van der Waals surface area contributed by atoms with Gasteiger partial charge in [-0.05, 0) is 43.6 Å². The van der Waals surface area contributed by atoms with Crippen LogP contribution in [-0.4, -0.2) is 37.3 Å². The van der Waals surface area contributed by atoms with E-state index in [9.17, 15) is 0 Å². The topological polar surface area (TPSA) is 19.7 Å². The van der Waals surface area contributed by atoms with Crippen molar-refractivity contribution in [2.45, 2.75) is 63.5 Å². The summed E-state index contributed by atoms with van der Waals surface area (Å²) >= 11 is 5.91. The monoisotopic (exact) mass is 344 g/mol. The molecule has 2 heterocycles. The van der Waals surface area contributed by atoms with E-state index in [1.54, 1.807) is 4.90 Å². The van der Waals surface area contributed by atoms with E-state index in [2.05, 4.69) is 42.4 Å². The van der Waals surface area contributed by atoms with E-state index in [1.807, 2.05) is 0 Å². The number of hydrogen-bond acceptors (Lipinski definition) is 1. The van der Waals surface area contributed by atoms with Gasteiger partial charge < -0.3 is 15.1 Å². The number of piperidine rings is 1. The smallest absolute Gasteiger partial charge is 0.173 e. The number of benzene rings is 1. The number of quaternary nitrogens is 1. The van der Waals surface area contributed by atoms with Crippen LogP contribution in [0.1, 0.15) is 55.6 Å². The molecule has 3 unspecified atom stereocenters. The SMILES string of the molecule is Cc1ccc2c(c1)C1C[NH+](C)CCC1N2C(=S)NC1CCCCC1. The molecule has 130 valence electrons. The predicted octanol–water partition coefficient (Wildman–Crippen LogP) is 2.39. The largest absolute Gasteiger partial charge is 0.360 e. The highest BCUT2D eigenvalue weighted by Crippen LogP contribution is 2.43. The molecular weight excluding hydrogens is 314 g/mol. The molecule has 3 aliphatic rings. The van der Waals surface area contributed by atoms with Gasteiger partial charge in [0.25, 0.3) is 0 Å². The highest BCUT2D eigenvalue weighted by atomic mass is 32.1. The van der Waals surface area contributed by atoms with E-state index < -0.39 is 0 Å². The molecule has 1 saturated carbocycles. The second-order valence-electron chi connectivity index (χ2n) is 8.09. The highest BCUT2D eigenvalue weighted by molar-refractivity contribution is 7.80. The van der Waals surface area contributed by atoms with E-state index in [1.165, 1.54) is 68.4 Å². The summed E-state index contributed by atoms with van der Waals surface area (Å²) in [5, 5.41) is 4.68. The third kappa shape index (κ3) is 2.95. The molecule has 1 saturated heterocycles. The number of anilines is 1. The third-order valence-electron chi connectivity index (χ3n) is 6.22. The van der Waals surface area contributed by atoms with Crippen LogP contribution in [0, 0.1) is 6.92 Å². The normalized spacial score (nSPS) is 29.9. The molecule has 3 nitrogen and oxygen atoms in total. The fourth-order valence-corrected chi connectivity index (χ4v) is 5.36. The molecule has 4 rings (SSSR count). The molecule has 0 bridgehead atoms. The maximum atomic E-state index is 5.91. The molecule has 2 aliphatic heterocycles. The molecule has 0 spiro atoms. The molecule has 2 N–H and O–H groups in total. The van der Waals surface area contributed by atoms with Crippen LogP contribution in [0.2, 0.25) is 0 Å². The Labute approximate surface area is 151 Å². The minimum atomic E-state index is 0.550.